The van der Waals surface area contributed by atoms with E-state index in [9.17, 15) is 5.26 Å². The molecule has 0 radical (unpaired) electrons. The lowest BCUT2D eigenvalue weighted by Crippen LogP contribution is -2.05. The maximum absolute atomic E-state index is 9.38. The number of nitriles is 1. The number of hydrogen-bond donors (Lipinski definition) is 1. The minimum Gasteiger partial charge on any atom is -0.489 e. The normalized spacial score (nSPS) is 10.1. The summed E-state index contributed by atoms with van der Waals surface area (Å²) < 4.78 is 5.68. The summed E-state index contributed by atoms with van der Waals surface area (Å²) >= 11 is 0. The molecule has 0 fully saturated rings. The van der Waals surface area contributed by atoms with Crippen LogP contribution in [0, 0.1) is 11.3 Å². The number of pyridine rings is 1. The van der Waals surface area contributed by atoms with Gasteiger partial charge in [0.05, 0.1) is 16.8 Å². The van der Waals surface area contributed by atoms with E-state index in [1.54, 1.807) is 12.3 Å². The molecule has 4 heteroatoms. The highest BCUT2D eigenvalue weighted by atomic mass is 16.5. The van der Waals surface area contributed by atoms with Crippen molar-refractivity contribution in [2.75, 3.05) is 11.9 Å². The van der Waals surface area contributed by atoms with Crippen LogP contribution in [0.25, 0.3) is 10.9 Å². The Morgan fingerprint density at radius 3 is 2.79 bits per heavy atom. The molecule has 4 nitrogen and oxygen atoms in total. The van der Waals surface area contributed by atoms with E-state index in [0.29, 0.717) is 18.7 Å². The van der Waals surface area contributed by atoms with Gasteiger partial charge in [-0.25, -0.2) is 0 Å². The number of aromatic nitrogens is 1. The summed E-state index contributed by atoms with van der Waals surface area (Å²) in [5.74, 6) is 0.807. The van der Waals surface area contributed by atoms with Crippen molar-refractivity contribution in [1.29, 1.82) is 5.26 Å². The first kappa shape index (κ1) is 15.6. The summed E-state index contributed by atoms with van der Waals surface area (Å²) in [5.41, 5.74) is 3.19. The first-order chi connectivity index (χ1) is 11.8. The van der Waals surface area contributed by atoms with Crippen LogP contribution in [0.1, 0.15) is 11.1 Å². The molecule has 24 heavy (non-hydrogen) atoms. The zero-order valence-corrected chi connectivity index (χ0v) is 13.2. The lowest BCUT2D eigenvalue weighted by atomic mass is 10.1. The van der Waals surface area contributed by atoms with Crippen molar-refractivity contribution < 1.29 is 4.74 Å². The van der Waals surface area contributed by atoms with E-state index in [1.807, 2.05) is 48.5 Å². The van der Waals surface area contributed by atoms with E-state index >= 15 is 0 Å². The standard InChI is InChI=1S/C20H17N3O/c1-2-11-24-19-10-6-3-7-15(19)13-23-20-16(12-21)14-22-18-9-5-4-8-17(18)20/h2-10,14H,1,11,13H2,(H,22,23). The summed E-state index contributed by atoms with van der Waals surface area (Å²) in [7, 11) is 0. The van der Waals surface area contributed by atoms with E-state index in [2.05, 4.69) is 22.9 Å². The molecule has 0 bridgehead atoms. The molecular weight excluding hydrogens is 298 g/mol. The highest BCUT2D eigenvalue weighted by molar-refractivity contribution is 5.93. The summed E-state index contributed by atoms with van der Waals surface area (Å²) in [4.78, 5) is 4.33. The van der Waals surface area contributed by atoms with Crippen molar-refractivity contribution in [1.82, 2.24) is 4.98 Å². The summed E-state index contributed by atoms with van der Waals surface area (Å²) in [6.07, 6.45) is 3.32. The third kappa shape index (κ3) is 3.21. The first-order valence-electron chi connectivity index (χ1n) is 7.67. The average Bonchev–Trinajstić information content (AvgIpc) is 2.65. The Labute approximate surface area is 141 Å². The predicted octanol–water partition coefficient (Wildman–Crippen LogP) is 4.28. The van der Waals surface area contributed by atoms with Gasteiger partial charge in [0.2, 0.25) is 0 Å². The molecule has 118 valence electrons. The van der Waals surface area contributed by atoms with Crippen LogP contribution in [0.15, 0.2) is 67.4 Å². The molecule has 1 aromatic heterocycles. The number of benzene rings is 2. The molecule has 3 aromatic rings. The first-order valence-corrected chi connectivity index (χ1v) is 7.67. The number of nitrogens with one attached hydrogen (secondary N) is 1. The molecule has 0 aliphatic rings. The maximum atomic E-state index is 9.38. The molecule has 0 saturated carbocycles. The predicted molar refractivity (Wildman–Crippen MR) is 95.9 cm³/mol. The van der Waals surface area contributed by atoms with Crippen molar-refractivity contribution in [2.24, 2.45) is 0 Å². The highest BCUT2D eigenvalue weighted by Gasteiger charge is 2.09. The Morgan fingerprint density at radius 2 is 1.96 bits per heavy atom. The van der Waals surface area contributed by atoms with Crippen molar-refractivity contribution in [2.45, 2.75) is 6.54 Å². The Kier molecular flexibility index (Phi) is 4.73. The van der Waals surface area contributed by atoms with Gasteiger partial charge in [0, 0.05) is 23.7 Å². The van der Waals surface area contributed by atoms with Crippen LogP contribution >= 0.6 is 0 Å². The van der Waals surface area contributed by atoms with Crippen molar-refractivity contribution >= 4 is 16.6 Å². The molecule has 0 aliphatic heterocycles. The number of para-hydroxylation sites is 2. The Balaban J connectivity index is 1.91. The molecule has 1 N–H and O–H groups in total. The summed E-state index contributed by atoms with van der Waals surface area (Å²) in [6, 6.07) is 17.8. The molecule has 0 saturated heterocycles. The van der Waals surface area contributed by atoms with Crippen LogP contribution in [0.2, 0.25) is 0 Å². The Morgan fingerprint density at radius 1 is 1.17 bits per heavy atom. The van der Waals surface area contributed by atoms with Crippen molar-refractivity contribution in [3.8, 4) is 11.8 Å². The fraction of sp³-hybridized carbons (Fsp3) is 0.100. The molecule has 0 amide bonds. The van der Waals surface area contributed by atoms with Gasteiger partial charge in [-0.2, -0.15) is 5.26 Å². The third-order valence-electron chi connectivity index (χ3n) is 3.68. The molecular formula is C20H17N3O. The lowest BCUT2D eigenvalue weighted by Gasteiger charge is -2.14. The molecule has 0 spiro atoms. The van der Waals surface area contributed by atoms with Crippen LogP contribution in [0.3, 0.4) is 0 Å². The maximum Gasteiger partial charge on any atom is 0.124 e. The van der Waals surface area contributed by atoms with Gasteiger partial charge in [-0.3, -0.25) is 4.98 Å². The number of nitrogens with zero attached hydrogens (tertiary/aromatic N) is 2. The number of ether oxygens (including phenoxy) is 1. The Hall–Kier alpha value is -3.32. The SMILES string of the molecule is C=CCOc1ccccc1CNc1c(C#N)cnc2ccccc12. The number of rotatable bonds is 6. The quantitative estimate of drug-likeness (QED) is 0.690. The van der Waals surface area contributed by atoms with E-state index in [-0.39, 0.29) is 0 Å². The van der Waals surface area contributed by atoms with Crippen LogP contribution < -0.4 is 10.1 Å². The largest absolute Gasteiger partial charge is 0.489 e. The zero-order valence-electron chi connectivity index (χ0n) is 13.2. The van der Waals surface area contributed by atoms with Gasteiger partial charge in [-0.05, 0) is 12.1 Å². The van der Waals surface area contributed by atoms with Gasteiger partial charge in [-0.15, -0.1) is 0 Å². The Bertz CT molecular complexity index is 912. The topological polar surface area (TPSA) is 57.9 Å². The second-order valence-electron chi connectivity index (χ2n) is 5.24. The smallest absolute Gasteiger partial charge is 0.124 e. The van der Waals surface area contributed by atoms with Crippen LogP contribution in [0.4, 0.5) is 5.69 Å². The monoisotopic (exact) mass is 315 g/mol. The fourth-order valence-electron chi connectivity index (χ4n) is 2.54. The minimum atomic E-state index is 0.457. The highest BCUT2D eigenvalue weighted by Crippen LogP contribution is 2.27. The van der Waals surface area contributed by atoms with Gasteiger partial charge in [0.1, 0.15) is 18.4 Å². The van der Waals surface area contributed by atoms with Crippen molar-refractivity contribution in [3.05, 3.63) is 78.5 Å². The summed E-state index contributed by atoms with van der Waals surface area (Å²) in [6.45, 7) is 4.68. The average molecular weight is 315 g/mol. The van der Waals surface area contributed by atoms with Crippen LogP contribution in [-0.2, 0) is 6.54 Å². The zero-order chi connectivity index (χ0) is 16.8. The third-order valence-corrected chi connectivity index (χ3v) is 3.68. The van der Waals surface area contributed by atoms with Crippen LogP contribution in [0.5, 0.6) is 5.75 Å². The van der Waals surface area contributed by atoms with Gasteiger partial charge in [0.15, 0.2) is 0 Å². The number of hydrogen-bond acceptors (Lipinski definition) is 4. The van der Waals surface area contributed by atoms with Crippen molar-refractivity contribution in [3.63, 3.8) is 0 Å². The summed E-state index contributed by atoms with van der Waals surface area (Å²) in [5, 5.41) is 13.7. The van der Waals surface area contributed by atoms with Gasteiger partial charge in [-0.1, -0.05) is 49.1 Å². The molecule has 3 rings (SSSR count). The number of fused-ring (bicyclic) bond motifs is 1. The molecule has 2 aromatic carbocycles. The second kappa shape index (κ2) is 7.30. The second-order valence-corrected chi connectivity index (χ2v) is 5.24. The van der Waals surface area contributed by atoms with E-state index in [4.69, 9.17) is 4.74 Å². The minimum absolute atomic E-state index is 0.457. The van der Waals surface area contributed by atoms with Crippen LogP contribution in [-0.4, -0.2) is 11.6 Å². The van der Waals surface area contributed by atoms with E-state index < -0.39 is 0 Å². The van der Waals surface area contributed by atoms with Gasteiger partial charge < -0.3 is 10.1 Å². The molecule has 0 unspecified atom stereocenters. The van der Waals surface area contributed by atoms with Gasteiger partial charge >= 0.3 is 0 Å². The molecule has 1 heterocycles. The van der Waals surface area contributed by atoms with Gasteiger partial charge in [0.25, 0.3) is 0 Å². The number of anilines is 1. The lowest BCUT2D eigenvalue weighted by molar-refractivity contribution is 0.359. The van der Waals surface area contributed by atoms with E-state index in [0.717, 1.165) is 27.9 Å². The van der Waals surface area contributed by atoms with E-state index in [1.165, 1.54) is 0 Å². The molecule has 0 atom stereocenters. The molecule has 0 aliphatic carbocycles. The fourth-order valence-corrected chi connectivity index (χ4v) is 2.54.